The first-order chi connectivity index (χ1) is 12.0. The summed E-state index contributed by atoms with van der Waals surface area (Å²) in [7, 11) is 0. The van der Waals surface area contributed by atoms with Crippen LogP contribution in [0, 0.1) is 0 Å². The average molecular weight is 360 g/mol. The smallest absolute Gasteiger partial charge is 0.356 e. The van der Waals surface area contributed by atoms with E-state index in [2.05, 4.69) is 15.5 Å². The van der Waals surface area contributed by atoms with E-state index in [4.69, 9.17) is 16.7 Å². The Labute approximate surface area is 147 Å². The fourth-order valence-corrected chi connectivity index (χ4v) is 2.37. The fourth-order valence-electron chi connectivity index (χ4n) is 2.22. The molecule has 0 unspecified atom stereocenters. The van der Waals surface area contributed by atoms with Crippen LogP contribution in [-0.4, -0.2) is 36.5 Å². The number of hydrogen-bond acceptors (Lipinski definition) is 4. The molecule has 8 nitrogen and oxygen atoms in total. The molecule has 2 aromatic heterocycles. The zero-order chi connectivity index (χ0) is 17.8. The number of benzene rings is 1. The van der Waals surface area contributed by atoms with E-state index >= 15 is 0 Å². The van der Waals surface area contributed by atoms with Crippen molar-refractivity contribution in [2.75, 3.05) is 5.32 Å². The SMILES string of the molecule is O=C(Cn1ccc(C(=O)O)n1)Nc1ccc(Cn2cc(Cl)cn2)cc1. The lowest BCUT2D eigenvalue weighted by molar-refractivity contribution is -0.116. The number of hydrogen-bond donors (Lipinski definition) is 2. The molecule has 0 spiro atoms. The van der Waals surface area contributed by atoms with Crippen LogP contribution in [0.1, 0.15) is 16.1 Å². The van der Waals surface area contributed by atoms with Gasteiger partial charge in [0.05, 0.1) is 17.8 Å². The molecular weight excluding hydrogens is 346 g/mol. The van der Waals surface area contributed by atoms with Gasteiger partial charge in [-0.2, -0.15) is 10.2 Å². The molecule has 1 aromatic carbocycles. The molecule has 0 saturated carbocycles. The van der Waals surface area contributed by atoms with Gasteiger partial charge in [0.15, 0.2) is 5.69 Å². The Morgan fingerprint density at radius 1 is 1.16 bits per heavy atom. The van der Waals surface area contributed by atoms with Crippen LogP contribution in [0.5, 0.6) is 0 Å². The highest BCUT2D eigenvalue weighted by atomic mass is 35.5. The summed E-state index contributed by atoms with van der Waals surface area (Å²) < 4.78 is 2.99. The van der Waals surface area contributed by atoms with Crippen LogP contribution in [0.4, 0.5) is 5.69 Å². The molecule has 25 heavy (non-hydrogen) atoms. The summed E-state index contributed by atoms with van der Waals surface area (Å²) in [6.07, 6.45) is 4.75. The van der Waals surface area contributed by atoms with Crippen molar-refractivity contribution in [3.8, 4) is 0 Å². The van der Waals surface area contributed by atoms with Crippen molar-refractivity contribution in [1.29, 1.82) is 0 Å². The van der Waals surface area contributed by atoms with Gasteiger partial charge in [-0.25, -0.2) is 4.79 Å². The molecule has 0 aliphatic rings. The Morgan fingerprint density at radius 2 is 1.92 bits per heavy atom. The number of anilines is 1. The van der Waals surface area contributed by atoms with Gasteiger partial charge >= 0.3 is 5.97 Å². The van der Waals surface area contributed by atoms with E-state index in [1.54, 1.807) is 29.2 Å². The molecule has 3 aromatic rings. The predicted molar refractivity (Wildman–Crippen MR) is 90.6 cm³/mol. The second-order valence-electron chi connectivity index (χ2n) is 5.30. The standard InChI is InChI=1S/C16H14ClN5O3/c17-12-7-18-22(9-12)8-11-1-3-13(4-2-11)19-15(23)10-21-6-5-14(20-21)16(24)25/h1-7,9H,8,10H2,(H,19,23)(H,24,25). The summed E-state index contributed by atoms with van der Waals surface area (Å²) >= 11 is 5.82. The largest absolute Gasteiger partial charge is 0.476 e. The van der Waals surface area contributed by atoms with E-state index in [0.717, 1.165) is 5.56 Å². The molecule has 2 N–H and O–H groups in total. The third-order valence-electron chi connectivity index (χ3n) is 3.35. The molecule has 0 aliphatic heterocycles. The van der Waals surface area contributed by atoms with Gasteiger partial charge in [-0.15, -0.1) is 0 Å². The molecule has 9 heteroatoms. The van der Waals surface area contributed by atoms with Crippen LogP contribution < -0.4 is 5.32 Å². The first kappa shape index (κ1) is 16.7. The minimum atomic E-state index is -1.13. The van der Waals surface area contributed by atoms with Gasteiger partial charge in [0.25, 0.3) is 0 Å². The molecule has 0 radical (unpaired) electrons. The number of halogens is 1. The normalized spacial score (nSPS) is 10.6. The van der Waals surface area contributed by atoms with E-state index in [-0.39, 0.29) is 18.1 Å². The molecule has 3 rings (SSSR count). The minimum Gasteiger partial charge on any atom is -0.476 e. The van der Waals surface area contributed by atoms with E-state index < -0.39 is 5.97 Å². The van der Waals surface area contributed by atoms with Gasteiger partial charge in [-0.1, -0.05) is 23.7 Å². The van der Waals surface area contributed by atoms with Crippen molar-refractivity contribution in [3.63, 3.8) is 0 Å². The number of carbonyl (C=O) groups excluding carboxylic acids is 1. The highest BCUT2D eigenvalue weighted by Gasteiger charge is 2.09. The quantitative estimate of drug-likeness (QED) is 0.701. The molecule has 1 amide bonds. The van der Waals surface area contributed by atoms with Crippen molar-refractivity contribution < 1.29 is 14.7 Å². The first-order valence-corrected chi connectivity index (χ1v) is 7.71. The number of carboxylic acid groups (broad SMARTS) is 1. The molecule has 0 saturated heterocycles. The van der Waals surface area contributed by atoms with Crippen LogP contribution in [0.3, 0.4) is 0 Å². The maximum Gasteiger partial charge on any atom is 0.356 e. The summed E-state index contributed by atoms with van der Waals surface area (Å²) in [5, 5.41) is 20.0. The van der Waals surface area contributed by atoms with Gasteiger partial charge in [-0.05, 0) is 23.8 Å². The van der Waals surface area contributed by atoms with Crippen molar-refractivity contribution >= 4 is 29.2 Å². The van der Waals surface area contributed by atoms with Crippen molar-refractivity contribution in [2.24, 2.45) is 0 Å². The van der Waals surface area contributed by atoms with Crippen LogP contribution in [0.2, 0.25) is 5.02 Å². The number of aromatic carboxylic acids is 1. The van der Waals surface area contributed by atoms with Gasteiger partial charge in [0, 0.05) is 18.1 Å². The number of carbonyl (C=O) groups is 2. The maximum absolute atomic E-state index is 12.0. The highest BCUT2D eigenvalue weighted by molar-refractivity contribution is 6.30. The average Bonchev–Trinajstić information content (AvgIpc) is 3.18. The molecule has 2 heterocycles. The Morgan fingerprint density at radius 3 is 2.52 bits per heavy atom. The summed E-state index contributed by atoms with van der Waals surface area (Å²) in [5.74, 6) is -1.43. The maximum atomic E-state index is 12.0. The van der Waals surface area contributed by atoms with Gasteiger partial charge in [-0.3, -0.25) is 14.2 Å². The van der Waals surface area contributed by atoms with Crippen molar-refractivity contribution in [3.05, 3.63) is 65.2 Å². The van der Waals surface area contributed by atoms with E-state index in [0.29, 0.717) is 17.3 Å². The summed E-state index contributed by atoms with van der Waals surface area (Å²) in [4.78, 5) is 22.8. The van der Waals surface area contributed by atoms with Crippen molar-refractivity contribution in [2.45, 2.75) is 13.1 Å². The van der Waals surface area contributed by atoms with Crippen LogP contribution in [-0.2, 0) is 17.9 Å². The van der Waals surface area contributed by atoms with Crippen LogP contribution in [0.15, 0.2) is 48.9 Å². The number of carboxylic acids is 1. The molecule has 0 atom stereocenters. The number of nitrogens with zero attached hydrogens (tertiary/aromatic N) is 4. The number of aromatic nitrogens is 4. The van der Waals surface area contributed by atoms with Crippen LogP contribution >= 0.6 is 11.6 Å². The van der Waals surface area contributed by atoms with E-state index in [9.17, 15) is 9.59 Å². The minimum absolute atomic E-state index is 0.0686. The number of rotatable bonds is 6. The predicted octanol–water partition coefficient (Wildman–Crippen LogP) is 2.12. The highest BCUT2D eigenvalue weighted by Crippen LogP contribution is 2.12. The Balaban J connectivity index is 1.56. The zero-order valence-electron chi connectivity index (χ0n) is 13.0. The summed E-state index contributed by atoms with van der Waals surface area (Å²) in [6.45, 7) is 0.507. The lowest BCUT2D eigenvalue weighted by atomic mass is 10.2. The molecular formula is C16H14ClN5O3. The molecule has 0 bridgehead atoms. The first-order valence-electron chi connectivity index (χ1n) is 7.33. The Bertz CT molecular complexity index is 901. The topological polar surface area (TPSA) is 102 Å². The van der Waals surface area contributed by atoms with E-state index in [1.165, 1.54) is 16.9 Å². The van der Waals surface area contributed by atoms with Crippen molar-refractivity contribution in [1.82, 2.24) is 19.6 Å². The lowest BCUT2D eigenvalue weighted by Crippen LogP contribution is -2.19. The fraction of sp³-hybridized carbons (Fsp3) is 0.125. The molecule has 128 valence electrons. The third kappa shape index (κ3) is 4.45. The molecule has 0 aliphatic carbocycles. The van der Waals surface area contributed by atoms with E-state index in [1.807, 2.05) is 12.1 Å². The number of amides is 1. The second kappa shape index (κ2) is 7.18. The second-order valence-corrected chi connectivity index (χ2v) is 5.74. The molecule has 0 fully saturated rings. The summed E-state index contributed by atoms with van der Waals surface area (Å²) in [5.41, 5.74) is 1.55. The monoisotopic (exact) mass is 359 g/mol. The third-order valence-corrected chi connectivity index (χ3v) is 3.54. The summed E-state index contributed by atoms with van der Waals surface area (Å²) in [6, 6.07) is 8.66. The van der Waals surface area contributed by atoms with Crippen LogP contribution in [0.25, 0.3) is 0 Å². The number of nitrogens with one attached hydrogen (secondary N) is 1. The van der Waals surface area contributed by atoms with Gasteiger partial charge in [0.1, 0.15) is 6.54 Å². The van der Waals surface area contributed by atoms with Gasteiger partial charge < -0.3 is 10.4 Å². The Kier molecular flexibility index (Phi) is 4.80. The Hall–Kier alpha value is -3.13. The van der Waals surface area contributed by atoms with Gasteiger partial charge in [0.2, 0.25) is 5.91 Å². The lowest BCUT2D eigenvalue weighted by Gasteiger charge is -2.07. The zero-order valence-corrected chi connectivity index (χ0v) is 13.7.